The highest BCUT2D eigenvalue weighted by atomic mass is 16.4. The van der Waals surface area contributed by atoms with Crippen LogP contribution in [0.3, 0.4) is 0 Å². The number of aliphatic carboxylic acids is 2. The predicted molar refractivity (Wildman–Crippen MR) is 75.1 cm³/mol. The smallest absolute Gasteiger partial charge is 0.328 e. The van der Waals surface area contributed by atoms with Gasteiger partial charge in [0, 0.05) is 12.5 Å². The maximum atomic E-state index is 10.3. The van der Waals surface area contributed by atoms with E-state index in [0.717, 1.165) is 38.2 Å². The molecule has 0 fully saturated rings. The van der Waals surface area contributed by atoms with Gasteiger partial charge in [-0.1, -0.05) is 50.3 Å². The van der Waals surface area contributed by atoms with Gasteiger partial charge in [0.2, 0.25) is 0 Å². The summed E-state index contributed by atoms with van der Waals surface area (Å²) < 4.78 is 0. The van der Waals surface area contributed by atoms with Crippen LogP contribution in [0.2, 0.25) is 0 Å². The van der Waals surface area contributed by atoms with Gasteiger partial charge in [0.1, 0.15) is 0 Å². The predicted octanol–water partition coefficient (Wildman–Crippen LogP) is 3.78. The van der Waals surface area contributed by atoms with Crippen molar-refractivity contribution in [3.05, 3.63) is 24.3 Å². The van der Waals surface area contributed by atoms with Crippen molar-refractivity contribution >= 4 is 11.9 Å². The number of carbonyl (C=O) groups is 2. The Morgan fingerprint density at radius 1 is 0.789 bits per heavy atom. The molecule has 0 rings (SSSR count). The molecule has 0 radical (unpaired) electrons. The van der Waals surface area contributed by atoms with Crippen molar-refractivity contribution in [2.45, 2.75) is 57.8 Å². The van der Waals surface area contributed by atoms with E-state index >= 15 is 0 Å². The number of hydrogen-bond acceptors (Lipinski definition) is 2. The Kier molecular flexibility index (Phi) is 11.8. The number of hydrogen-bond donors (Lipinski definition) is 2. The van der Waals surface area contributed by atoms with Crippen LogP contribution >= 0.6 is 0 Å². The molecule has 2 N–H and O–H groups in total. The lowest BCUT2D eigenvalue weighted by molar-refractivity contribution is -0.137. The lowest BCUT2D eigenvalue weighted by Gasteiger charge is -1.99. The zero-order chi connectivity index (χ0) is 14.3. The highest BCUT2D eigenvalue weighted by molar-refractivity contribution is 5.80. The second kappa shape index (κ2) is 12.9. The molecule has 0 spiro atoms. The van der Waals surface area contributed by atoms with E-state index in [4.69, 9.17) is 10.2 Å². The fourth-order valence-electron chi connectivity index (χ4n) is 1.73. The molecule has 108 valence electrons. The molecular formula is C15H24O4. The van der Waals surface area contributed by atoms with E-state index in [2.05, 4.69) is 0 Å². The van der Waals surface area contributed by atoms with Gasteiger partial charge in [-0.25, -0.2) is 4.79 Å². The first-order chi connectivity index (χ1) is 9.13. The molecule has 0 unspecified atom stereocenters. The van der Waals surface area contributed by atoms with Crippen molar-refractivity contribution in [1.82, 2.24) is 0 Å². The van der Waals surface area contributed by atoms with Crippen molar-refractivity contribution in [3.8, 4) is 0 Å². The van der Waals surface area contributed by atoms with Crippen LogP contribution in [0.4, 0.5) is 0 Å². The van der Waals surface area contributed by atoms with Gasteiger partial charge in [-0.15, -0.1) is 0 Å². The van der Waals surface area contributed by atoms with Crippen molar-refractivity contribution < 1.29 is 19.8 Å². The van der Waals surface area contributed by atoms with Gasteiger partial charge in [-0.2, -0.15) is 0 Å². The Labute approximate surface area is 114 Å². The van der Waals surface area contributed by atoms with E-state index in [1.807, 2.05) is 6.08 Å². The summed E-state index contributed by atoms with van der Waals surface area (Å²) in [5.41, 5.74) is 0. The Morgan fingerprint density at radius 3 is 1.95 bits per heavy atom. The molecule has 0 bridgehead atoms. The van der Waals surface area contributed by atoms with Gasteiger partial charge in [0.25, 0.3) is 0 Å². The average molecular weight is 268 g/mol. The van der Waals surface area contributed by atoms with Gasteiger partial charge >= 0.3 is 11.9 Å². The first kappa shape index (κ1) is 17.4. The molecule has 0 aliphatic heterocycles. The summed E-state index contributed by atoms with van der Waals surface area (Å²) in [6.07, 6.45) is 15.2. The molecule has 0 atom stereocenters. The average Bonchev–Trinajstić information content (AvgIpc) is 2.34. The highest BCUT2D eigenvalue weighted by Gasteiger charge is 1.96. The minimum absolute atomic E-state index is 0.286. The number of unbranched alkanes of at least 4 members (excludes halogenated alkanes) is 7. The highest BCUT2D eigenvalue weighted by Crippen LogP contribution is 2.09. The first-order valence-electron chi connectivity index (χ1n) is 6.91. The van der Waals surface area contributed by atoms with Crippen molar-refractivity contribution in [3.63, 3.8) is 0 Å². The third-order valence-corrected chi connectivity index (χ3v) is 2.75. The van der Waals surface area contributed by atoms with Crippen LogP contribution < -0.4 is 0 Å². The molecule has 0 aromatic rings. The minimum atomic E-state index is -0.924. The Morgan fingerprint density at radius 2 is 1.37 bits per heavy atom. The molecule has 0 aromatic heterocycles. The molecule has 4 nitrogen and oxygen atoms in total. The second-order valence-electron chi connectivity index (χ2n) is 4.53. The second-order valence-corrected chi connectivity index (χ2v) is 4.53. The Bertz CT molecular complexity index is 305. The van der Waals surface area contributed by atoms with E-state index < -0.39 is 11.9 Å². The summed E-state index contributed by atoms with van der Waals surface area (Å²) >= 11 is 0. The molecular weight excluding hydrogens is 244 g/mol. The Balaban J connectivity index is 3.19. The SMILES string of the molecule is O=C(O)C=CC=CCCCCCCCCCC(=O)O. The minimum Gasteiger partial charge on any atom is -0.481 e. The van der Waals surface area contributed by atoms with Gasteiger partial charge in [0.15, 0.2) is 0 Å². The number of allylic oxidation sites excluding steroid dienone is 3. The molecule has 4 heteroatoms. The van der Waals surface area contributed by atoms with E-state index in [1.165, 1.54) is 25.3 Å². The summed E-state index contributed by atoms with van der Waals surface area (Å²) in [5, 5.41) is 16.8. The lowest BCUT2D eigenvalue weighted by Crippen LogP contribution is -1.93. The van der Waals surface area contributed by atoms with Gasteiger partial charge in [-0.3, -0.25) is 4.79 Å². The third kappa shape index (κ3) is 16.4. The number of rotatable bonds is 12. The summed E-state index contributed by atoms with van der Waals surface area (Å²) in [5.74, 6) is -1.63. The lowest BCUT2D eigenvalue weighted by atomic mass is 10.1. The largest absolute Gasteiger partial charge is 0.481 e. The van der Waals surface area contributed by atoms with E-state index in [-0.39, 0.29) is 6.42 Å². The van der Waals surface area contributed by atoms with Crippen molar-refractivity contribution in [1.29, 1.82) is 0 Å². The molecule has 0 saturated carbocycles. The van der Waals surface area contributed by atoms with Crippen molar-refractivity contribution in [2.75, 3.05) is 0 Å². The van der Waals surface area contributed by atoms with E-state index in [9.17, 15) is 9.59 Å². The normalized spacial score (nSPS) is 11.4. The molecule has 19 heavy (non-hydrogen) atoms. The molecule has 0 heterocycles. The number of carboxylic acid groups (broad SMARTS) is 2. The van der Waals surface area contributed by atoms with Crippen LogP contribution in [-0.4, -0.2) is 22.2 Å². The summed E-state index contributed by atoms with van der Waals surface area (Å²) in [6, 6.07) is 0. The zero-order valence-corrected chi connectivity index (χ0v) is 11.4. The molecule has 0 aliphatic carbocycles. The van der Waals surface area contributed by atoms with E-state index in [1.54, 1.807) is 6.08 Å². The summed E-state index contributed by atoms with van der Waals surface area (Å²) in [7, 11) is 0. The molecule has 0 aromatic carbocycles. The zero-order valence-electron chi connectivity index (χ0n) is 11.4. The molecule has 0 saturated heterocycles. The van der Waals surface area contributed by atoms with Gasteiger partial charge in [0.05, 0.1) is 0 Å². The van der Waals surface area contributed by atoms with Crippen LogP contribution in [0.5, 0.6) is 0 Å². The molecule has 0 aliphatic rings. The molecule has 0 amide bonds. The van der Waals surface area contributed by atoms with Crippen LogP contribution in [0, 0.1) is 0 Å². The fraction of sp³-hybridized carbons (Fsp3) is 0.600. The number of carboxylic acids is 2. The van der Waals surface area contributed by atoms with Crippen LogP contribution in [0.25, 0.3) is 0 Å². The van der Waals surface area contributed by atoms with Crippen LogP contribution in [-0.2, 0) is 9.59 Å². The summed E-state index contributed by atoms with van der Waals surface area (Å²) in [4.78, 5) is 20.4. The van der Waals surface area contributed by atoms with Crippen LogP contribution in [0.1, 0.15) is 57.8 Å². The maximum absolute atomic E-state index is 10.3. The van der Waals surface area contributed by atoms with Crippen LogP contribution in [0.15, 0.2) is 24.3 Å². The van der Waals surface area contributed by atoms with Gasteiger partial charge < -0.3 is 10.2 Å². The monoisotopic (exact) mass is 268 g/mol. The third-order valence-electron chi connectivity index (χ3n) is 2.75. The first-order valence-corrected chi connectivity index (χ1v) is 6.91. The van der Waals surface area contributed by atoms with Gasteiger partial charge in [-0.05, 0) is 19.3 Å². The maximum Gasteiger partial charge on any atom is 0.328 e. The quantitative estimate of drug-likeness (QED) is 0.321. The van der Waals surface area contributed by atoms with Crippen molar-refractivity contribution in [2.24, 2.45) is 0 Å². The summed E-state index contributed by atoms with van der Waals surface area (Å²) in [6.45, 7) is 0. The topological polar surface area (TPSA) is 74.6 Å². The van der Waals surface area contributed by atoms with E-state index in [0.29, 0.717) is 0 Å². The fourth-order valence-corrected chi connectivity index (χ4v) is 1.73. The standard InChI is InChI=1S/C15H24O4/c16-14(17)12-10-8-6-4-2-1-3-5-7-9-11-13-15(18)19/h6,8,10,12H,1-5,7,9,11,13H2,(H,16,17)(H,18,19). The Hall–Kier alpha value is -1.58.